The molecule has 0 saturated heterocycles. The second kappa shape index (κ2) is 4.76. The number of aromatic nitrogens is 2. The molecule has 0 amide bonds. The summed E-state index contributed by atoms with van der Waals surface area (Å²) >= 11 is 0. The molecular weight excluding hydrogens is 206 g/mol. The molecule has 0 bridgehead atoms. The van der Waals surface area contributed by atoms with E-state index in [2.05, 4.69) is 10.1 Å². The quantitative estimate of drug-likeness (QED) is 0.796. The summed E-state index contributed by atoms with van der Waals surface area (Å²) in [7, 11) is 0. The summed E-state index contributed by atoms with van der Waals surface area (Å²) in [6.45, 7) is 0.496. The highest BCUT2D eigenvalue weighted by Gasteiger charge is 2.08. The van der Waals surface area contributed by atoms with Gasteiger partial charge in [-0.3, -0.25) is 0 Å². The lowest BCUT2D eigenvalue weighted by Gasteiger charge is -1.99. The van der Waals surface area contributed by atoms with Crippen molar-refractivity contribution in [1.82, 2.24) is 10.1 Å². The minimum absolute atomic E-state index is 0.237. The molecule has 1 heterocycles. The summed E-state index contributed by atoms with van der Waals surface area (Å²) in [5.74, 6) is 1.33. The molecule has 1 aromatic carbocycles. The smallest absolute Gasteiger partial charge is 0.231 e. The van der Waals surface area contributed by atoms with E-state index in [9.17, 15) is 5.11 Å². The lowest BCUT2D eigenvalue weighted by atomic mass is 10.1. The van der Waals surface area contributed by atoms with Gasteiger partial charge in [0, 0.05) is 12.0 Å². The van der Waals surface area contributed by atoms with Crippen molar-refractivity contribution in [2.45, 2.75) is 12.8 Å². The maximum absolute atomic E-state index is 9.57. The van der Waals surface area contributed by atoms with Crippen LogP contribution in [0.25, 0.3) is 0 Å². The van der Waals surface area contributed by atoms with Gasteiger partial charge < -0.3 is 15.4 Å². The summed E-state index contributed by atoms with van der Waals surface area (Å²) in [6, 6.07) is 7.08. The van der Waals surface area contributed by atoms with Crippen LogP contribution in [0.15, 0.2) is 28.8 Å². The Morgan fingerprint density at radius 3 is 2.88 bits per heavy atom. The molecule has 0 saturated carbocycles. The van der Waals surface area contributed by atoms with Gasteiger partial charge in [-0.2, -0.15) is 4.98 Å². The van der Waals surface area contributed by atoms with Crippen LogP contribution in [-0.4, -0.2) is 21.8 Å². The summed E-state index contributed by atoms with van der Waals surface area (Å²) < 4.78 is 5.05. The van der Waals surface area contributed by atoms with Crippen molar-refractivity contribution < 1.29 is 9.63 Å². The maximum Gasteiger partial charge on any atom is 0.231 e. The summed E-state index contributed by atoms with van der Waals surface area (Å²) in [4.78, 5) is 4.17. The second-order valence-electron chi connectivity index (χ2n) is 3.45. The average molecular weight is 219 g/mol. The minimum Gasteiger partial charge on any atom is -0.508 e. The van der Waals surface area contributed by atoms with Crippen molar-refractivity contribution in [3.8, 4) is 5.75 Å². The van der Waals surface area contributed by atoms with Crippen LogP contribution in [0.3, 0.4) is 0 Å². The van der Waals surface area contributed by atoms with E-state index in [1.165, 1.54) is 0 Å². The fraction of sp³-hybridized carbons (Fsp3) is 0.273. The molecule has 0 fully saturated rings. The number of para-hydroxylation sites is 1. The highest BCUT2D eigenvalue weighted by molar-refractivity contribution is 5.33. The number of hydrogen-bond donors (Lipinski definition) is 2. The van der Waals surface area contributed by atoms with Crippen molar-refractivity contribution >= 4 is 0 Å². The van der Waals surface area contributed by atoms with E-state index in [0.29, 0.717) is 31.1 Å². The van der Waals surface area contributed by atoms with E-state index >= 15 is 0 Å². The Bertz CT molecular complexity index is 468. The Morgan fingerprint density at radius 1 is 1.31 bits per heavy atom. The Hall–Kier alpha value is -1.88. The number of phenols is 1. The molecule has 84 valence electrons. The Morgan fingerprint density at radius 2 is 2.12 bits per heavy atom. The summed E-state index contributed by atoms with van der Waals surface area (Å²) in [6.07, 6.45) is 1.04. The molecule has 3 N–H and O–H groups in total. The van der Waals surface area contributed by atoms with Crippen LogP contribution in [0, 0.1) is 0 Å². The van der Waals surface area contributed by atoms with Gasteiger partial charge in [-0.15, -0.1) is 0 Å². The first-order valence-corrected chi connectivity index (χ1v) is 5.08. The topological polar surface area (TPSA) is 85.2 Å². The number of nitrogens with zero attached hydrogens (tertiary/aromatic N) is 2. The lowest BCUT2D eigenvalue weighted by molar-refractivity contribution is 0.377. The molecule has 0 atom stereocenters. The third-order valence-electron chi connectivity index (χ3n) is 2.21. The van der Waals surface area contributed by atoms with E-state index in [1.807, 2.05) is 12.1 Å². The molecule has 5 nitrogen and oxygen atoms in total. The number of hydrogen-bond acceptors (Lipinski definition) is 5. The zero-order valence-corrected chi connectivity index (χ0v) is 8.76. The molecule has 0 unspecified atom stereocenters. The zero-order chi connectivity index (χ0) is 11.4. The van der Waals surface area contributed by atoms with Crippen LogP contribution in [0.2, 0.25) is 0 Å². The van der Waals surface area contributed by atoms with E-state index in [0.717, 1.165) is 5.56 Å². The van der Waals surface area contributed by atoms with E-state index in [4.69, 9.17) is 10.3 Å². The molecule has 16 heavy (non-hydrogen) atoms. The van der Waals surface area contributed by atoms with Crippen LogP contribution >= 0.6 is 0 Å². The first-order chi connectivity index (χ1) is 7.79. The number of phenolic OH excluding ortho intramolecular Hbond substituents is 1. The van der Waals surface area contributed by atoms with E-state index in [-0.39, 0.29) is 5.75 Å². The molecule has 0 aliphatic rings. The summed E-state index contributed by atoms with van der Waals surface area (Å²) in [5, 5.41) is 13.4. The number of aromatic hydroxyl groups is 1. The van der Waals surface area contributed by atoms with Gasteiger partial charge in [-0.05, 0) is 12.6 Å². The van der Waals surface area contributed by atoms with Crippen LogP contribution < -0.4 is 5.73 Å². The lowest BCUT2D eigenvalue weighted by Crippen LogP contribution is -2.04. The van der Waals surface area contributed by atoms with Gasteiger partial charge in [0.25, 0.3) is 0 Å². The summed E-state index contributed by atoms with van der Waals surface area (Å²) in [5.41, 5.74) is 6.15. The Labute approximate surface area is 92.9 Å². The molecule has 0 radical (unpaired) electrons. The fourth-order valence-corrected chi connectivity index (χ4v) is 1.42. The third-order valence-corrected chi connectivity index (χ3v) is 2.21. The SMILES string of the molecule is NCCc1noc(Cc2ccccc2O)n1. The van der Waals surface area contributed by atoms with Gasteiger partial charge in [0.15, 0.2) is 5.82 Å². The predicted octanol–water partition coefficient (Wildman–Crippen LogP) is 0.867. The first-order valence-electron chi connectivity index (χ1n) is 5.08. The molecule has 5 heteroatoms. The number of nitrogens with two attached hydrogens (primary N) is 1. The fourth-order valence-electron chi connectivity index (χ4n) is 1.42. The standard InChI is InChI=1S/C11H13N3O2/c12-6-5-10-13-11(16-14-10)7-8-3-1-2-4-9(8)15/h1-4,15H,5-7,12H2. The van der Waals surface area contributed by atoms with Crippen molar-refractivity contribution in [3.05, 3.63) is 41.5 Å². The highest BCUT2D eigenvalue weighted by atomic mass is 16.5. The normalized spacial score (nSPS) is 10.6. The van der Waals surface area contributed by atoms with Crippen molar-refractivity contribution in [2.24, 2.45) is 5.73 Å². The Balaban J connectivity index is 2.11. The van der Waals surface area contributed by atoms with Gasteiger partial charge in [-0.1, -0.05) is 23.4 Å². The first kappa shape index (κ1) is 10.6. The van der Waals surface area contributed by atoms with Crippen LogP contribution in [0.4, 0.5) is 0 Å². The number of rotatable bonds is 4. The average Bonchev–Trinajstić information content (AvgIpc) is 2.70. The van der Waals surface area contributed by atoms with E-state index in [1.54, 1.807) is 12.1 Å². The minimum atomic E-state index is 0.237. The maximum atomic E-state index is 9.57. The van der Waals surface area contributed by atoms with Gasteiger partial charge in [-0.25, -0.2) is 0 Å². The number of benzene rings is 1. The monoisotopic (exact) mass is 219 g/mol. The molecule has 2 aromatic rings. The molecule has 1 aromatic heterocycles. The molecule has 0 spiro atoms. The zero-order valence-electron chi connectivity index (χ0n) is 8.76. The largest absolute Gasteiger partial charge is 0.508 e. The van der Waals surface area contributed by atoms with Crippen LogP contribution in [0.1, 0.15) is 17.3 Å². The van der Waals surface area contributed by atoms with Gasteiger partial charge >= 0.3 is 0 Å². The van der Waals surface area contributed by atoms with Gasteiger partial charge in [0.1, 0.15) is 5.75 Å². The van der Waals surface area contributed by atoms with Crippen LogP contribution in [0.5, 0.6) is 5.75 Å². The van der Waals surface area contributed by atoms with Crippen molar-refractivity contribution in [3.63, 3.8) is 0 Å². The molecular formula is C11H13N3O2. The third kappa shape index (κ3) is 2.38. The molecule has 0 aliphatic heterocycles. The predicted molar refractivity (Wildman–Crippen MR) is 58.0 cm³/mol. The Kier molecular flexibility index (Phi) is 3.16. The van der Waals surface area contributed by atoms with E-state index < -0.39 is 0 Å². The second-order valence-corrected chi connectivity index (χ2v) is 3.45. The molecule has 0 aliphatic carbocycles. The van der Waals surface area contributed by atoms with Gasteiger partial charge in [0.2, 0.25) is 5.89 Å². The van der Waals surface area contributed by atoms with Crippen molar-refractivity contribution in [1.29, 1.82) is 0 Å². The van der Waals surface area contributed by atoms with Gasteiger partial charge in [0.05, 0.1) is 6.42 Å². The highest BCUT2D eigenvalue weighted by Crippen LogP contribution is 2.18. The van der Waals surface area contributed by atoms with Crippen LogP contribution in [-0.2, 0) is 12.8 Å². The molecule has 2 rings (SSSR count). The van der Waals surface area contributed by atoms with Crippen molar-refractivity contribution in [2.75, 3.05) is 6.54 Å².